The number of piperidine rings is 1. The van der Waals surface area contributed by atoms with E-state index in [0.717, 1.165) is 26.1 Å². The van der Waals surface area contributed by atoms with Crippen LogP contribution in [0.3, 0.4) is 0 Å². The molecule has 1 aromatic rings. The number of nitrogens with zero attached hydrogens (tertiary/aromatic N) is 4. The van der Waals surface area contributed by atoms with Crippen molar-refractivity contribution in [3.05, 3.63) is 0 Å². The molecule has 118 valence electrons. The van der Waals surface area contributed by atoms with Crippen LogP contribution < -0.4 is 15.4 Å². The van der Waals surface area contributed by atoms with Crippen LogP contribution in [0.25, 0.3) is 0 Å². The maximum Gasteiger partial charge on any atom is 0.322 e. The van der Waals surface area contributed by atoms with Crippen LogP contribution in [-0.4, -0.2) is 59.7 Å². The highest BCUT2D eigenvalue weighted by atomic mass is 16.5. The molecule has 1 saturated heterocycles. The fourth-order valence-electron chi connectivity index (χ4n) is 2.35. The molecule has 1 aromatic heterocycles. The van der Waals surface area contributed by atoms with Gasteiger partial charge in [-0.15, -0.1) is 0 Å². The smallest absolute Gasteiger partial charge is 0.322 e. The number of hydrogen-bond donors (Lipinski definition) is 2. The van der Waals surface area contributed by atoms with Gasteiger partial charge in [0.05, 0.1) is 7.11 Å². The molecule has 0 radical (unpaired) electrons. The highest BCUT2D eigenvalue weighted by molar-refractivity contribution is 5.35. The molecule has 0 aromatic carbocycles. The summed E-state index contributed by atoms with van der Waals surface area (Å²) in [6.07, 6.45) is 5.00. The molecule has 1 aliphatic heterocycles. The van der Waals surface area contributed by atoms with Crippen LogP contribution in [0.1, 0.15) is 32.6 Å². The van der Waals surface area contributed by atoms with E-state index in [1.807, 2.05) is 0 Å². The van der Waals surface area contributed by atoms with E-state index in [1.54, 1.807) is 7.11 Å². The molecule has 21 heavy (non-hydrogen) atoms. The third kappa shape index (κ3) is 5.34. The molecule has 7 nitrogen and oxygen atoms in total. The molecule has 0 spiro atoms. The summed E-state index contributed by atoms with van der Waals surface area (Å²) in [5, 5.41) is 6.42. The number of ether oxygens (including phenoxy) is 1. The molecule has 2 heterocycles. The van der Waals surface area contributed by atoms with Crippen LogP contribution in [0.4, 0.5) is 11.9 Å². The van der Waals surface area contributed by atoms with Crippen LogP contribution in [0.15, 0.2) is 0 Å². The molecule has 7 heteroatoms. The predicted octanol–water partition coefficient (Wildman–Crippen LogP) is 1.60. The zero-order chi connectivity index (χ0) is 14.9. The van der Waals surface area contributed by atoms with E-state index < -0.39 is 0 Å². The zero-order valence-corrected chi connectivity index (χ0v) is 13.1. The monoisotopic (exact) mass is 294 g/mol. The lowest BCUT2D eigenvalue weighted by atomic mass is 10.1. The summed E-state index contributed by atoms with van der Waals surface area (Å²) in [5.41, 5.74) is 0. The van der Waals surface area contributed by atoms with E-state index in [9.17, 15) is 0 Å². The van der Waals surface area contributed by atoms with Crippen molar-refractivity contribution in [3.8, 4) is 6.01 Å². The molecular weight excluding hydrogens is 268 g/mol. The van der Waals surface area contributed by atoms with Gasteiger partial charge in [-0.3, -0.25) is 0 Å². The summed E-state index contributed by atoms with van der Waals surface area (Å²) in [5.74, 6) is 1.13. The lowest BCUT2D eigenvalue weighted by Crippen LogP contribution is -2.33. The van der Waals surface area contributed by atoms with E-state index in [1.165, 1.54) is 32.4 Å². The first kappa shape index (κ1) is 15.8. The van der Waals surface area contributed by atoms with Crippen LogP contribution in [-0.2, 0) is 0 Å². The van der Waals surface area contributed by atoms with Crippen molar-refractivity contribution in [3.63, 3.8) is 0 Å². The minimum Gasteiger partial charge on any atom is -0.467 e. The van der Waals surface area contributed by atoms with Crippen LogP contribution >= 0.6 is 0 Å². The summed E-state index contributed by atoms with van der Waals surface area (Å²) >= 11 is 0. The van der Waals surface area contributed by atoms with Gasteiger partial charge in [0.15, 0.2) is 0 Å². The Labute approximate surface area is 126 Å². The van der Waals surface area contributed by atoms with Gasteiger partial charge in [-0.1, -0.05) is 13.3 Å². The first-order valence-electron chi connectivity index (χ1n) is 7.82. The first-order valence-corrected chi connectivity index (χ1v) is 7.82. The second kappa shape index (κ2) is 8.61. The third-order valence-corrected chi connectivity index (χ3v) is 3.49. The number of nitrogens with one attached hydrogen (secondary N) is 2. The molecule has 1 fully saturated rings. The Balaban J connectivity index is 1.85. The Bertz CT molecular complexity index is 422. The maximum atomic E-state index is 5.12. The highest BCUT2D eigenvalue weighted by Gasteiger charge is 2.10. The molecule has 1 aliphatic rings. The van der Waals surface area contributed by atoms with Gasteiger partial charge in [0.1, 0.15) is 0 Å². The normalized spacial score (nSPS) is 15.7. The topological polar surface area (TPSA) is 75.2 Å². The highest BCUT2D eigenvalue weighted by Crippen LogP contribution is 2.11. The first-order chi connectivity index (χ1) is 10.3. The van der Waals surface area contributed by atoms with Gasteiger partial charge in [-0.2, -0.15) is 15.0 Å². The Hall–Kier alpha value is -1.63. The van der Waals surface area contributed by atoms with Crippen molar-refractivity contribution in [2.24, 2.45) is 0 Å². The summed E-state index contributed by atoms with van der Waals surface area (Å²) in [7, 11) is 1.57. The fraction of sp³-hybridized carbons (Fsp3) is 0.786. The van der Waals surface area contributed by atoms with E-state index in [-0.39, 0.29) is 0 Å². The Morgan fingerprint density at radius 3 is 2.29 bits per heavy atom. The Morgan fingerprint density at radius 1 is 1.00 bits per heavy atom. The molecule has 0 unspecified atom stereocenters. The Kier molecular flexibility index (Phi) is 6.46. The van der Waals surface area contributed by atoms with E-state index in [2.05, 4.69) is 37.4 Å². The predicted molar refractivity (Wildman–Crippen MR) is 83.9 cm³/mol. The van der Waals surface area contributed by atoms with Gasteiger partial charge >= 0.3 is 6.01 Å². The summed E-state index contributed by atoms with van der Waals surface area (Å²) < 4.78 is 5.12. The van der Waals surface area contributed by atoms with E-state index in [0.29, 0.717) is 17.9 Å². The van der Waals surface area contributed by atoms with Gasteiger partial charge in [0.2, 0.25) is 11.9 Å². The summed E-state index contributed by atoms with van der Waals surface area (Å²) in [4.78, 5) is 15.2. The quantitative estimate of drug-likeness (QED) is 0.754. The van der Waals surface area contributed by atoms with E-state index >= 15 is 0 Å². The van der Waals surface area contributed by atoms with Gasteiger partial charge < -0.3 is 20.3 Å². The molecule has 0 amide bonds. The molecular formula is C14H26N6O. The average Bonchev–Trinajstić information content (AvgIpc) is 2.53. The SMILES string of the molecule is CCCNc1nc(NCCN2CCCCC2)nc(OC)n1. The van der Waals surface area contributed by atoms with Crippen molar-refractivity contribution in [2.75, 3.05) is 50.5 Å². The summed E-state index contributed by atoms with van der Waals surface area (Å²) in [6.45, 7) is 7.19. The van der Waals surface area contributed by atoms with Crippen LogP contribution in [0.2, 0.25) is 0 Å². The van der Waals surface area contributed by atoms with Crippen molar-refractivity contribution >= 4 is 11.9 Å². The third-order valence-electron chi connectivity index (χ3n) is 3.49. The number of rotatable bonds is 8. The van der Waals surface area contributed by atoms with Crippen molar-refractivity contribution in [1.82, 2.24) is 19.9 Å². The van der Waals surface area contributed by atoms with Gasteiger partial charge in [0.25, 0.3) is 0 Å². The standard InChI is InChI=1S/C14H26N6O/c1-3-7-15-12-17-13(19-14(18-12)21-2)16-8-11-20-9-5-4-6-10-20/h3-11H2,1-2H3,(H2,15,16,17,18,19). The van der Waals surface area contributed by atoms with Gasteiger partial charge in [-0.25, -0.2) is 0 Å². The lowest BCUT2D eigenvalue weighted by molar-refractivity contribution is 0.237. The largest absolute Gasteiger partial charge is 0.467 e. The van der Waals surface area contributed by atoms with Crippen LogP contribution in [0.5, 0.6) is 6.01 Å². The van der Waals surface area contributed by atoms with Gasteiger partial charge in [0, 0.05) is 19.6 Å². The summed E-state index contributed by atoms with van der Waals surface area (Å²) in [6, 6.07) is 0.337. The zero-order valence-electron chi connectivity index (χ0n) is 13.1. The van der Waals surface area contributed by atoms with Crippen LogP contribution in [0, 0.1) is 0 Å². The maximum absolute atomic E-state index is 5.12. The number of hydrogen-bond acceptors (Lipinski definition) is 7. The van der Waals surface area contributed by atoms with Crippen molar-refractivity contribution < 1.29 is 4.74 Å². The van der Waals surface area contributed by atoms with Gasteiger partial charge in [-0.05, 0) is 32.4 Å². The number of aromatic nitrogens is 3. The molecule has 0 aliphatic carbocycles. The molecule has 2 N–H and O–H groups in total. The molecule has 0 atom stereocenters. The second-order valence-corrected chi connectivity index (χ2v) is 5.23. The van der Waals surface area contributed by atoms with Crippen molar-refractivity contribution in [1.29, 1.82) is 0 Å². The lowest BCUT2D eigenvalue weighted by Gasteiger charge is -2.26. The Morgan fingerprint density at radius 2 is 1.67 bits per heavy atom. The minimum atomic E-state index is 0.337. The number of likely N-dealkylation sites (tertiary alicyclic amines) is 1. The average molecular weight is 294 g/mol. The fourth-order valence-corrected chi connectivity index (χ4v) is 2.35. The second-order valence-electron chi connectivity index (χ2n) is 5.23. The molecule has 0 saturated carbocycles. The van der Waals surface area contributed by atoms with E-state index in [4.69, 9.17) is 4.74 Å². The number of anilines is 2. The van der Waals surface area contributed by atoms with Crippen molar-refractivity contribution in [2.45, 2.75) is 32.6 Å². The molecule has 0 bridgehead atoms. The number of methoxy groups -OCH3 is 1. The minimum absolute atomic E-state index is 0.337. The molecule has 2 rings (SSSR count).